The summed E-state index contributed by atoms with van der Waals surface area (Å²) in [6.45, 7) is 0. The molecule has 0 aliphatic rings. The van der Waals surface area contributed by atoms with Gasteiger partial charge < -0.3 is 4.74 Å². The van der Waals surface area contributed by atoms with E-state index in [2.05, 4.69) is 10.5 Å². The molecule has 86 valence electrons. The number of ether oxygens (including phenoxy) is 1. The van der Waals surface area contributed by atoms with Gasteiger partial charge in [0, 0.05) is 12.9 Å². The summed E-state index contributed by atoms with van der Waals surface area (Å²) in [6.07, 6.45) is 3.43. The van der Waals surface area contributed by atoms with Crippen LogP contribution in [0.15, 0.2) is 6.20 Å². The Kier molecular flexibility index (Phi) is 4.87. The van der Waals surface area contributed by atoms with Gasteiger partial charge in [-0.3, -0.25) is 16.0 Å². The van der Waals surface area contributed by atoms with E-state index in [9.17, 15) is 0 Å². The SMILES string of the molecule is COc1cnn(C)c1C(CCCCl)NN. The molecule has 5 nitrogen and oxygen atoms in total. The minimum Gasteiger partial charge on any atom is -0.493 e. The number of nitrogens with zero attached hydrogens (tertiary/aromatic N) is 2. The molecule has 0 bridgehead atoms. The van der Waals surface area contributed by atoms with Crippen molar-refractivity contribution in [2.45, 2.75) is 18.9 Å². The number of rotatable bonds is 6. The van der Waals surface area contributed by atoms with Gasteiger partial charge in [-0.15, -0.1) is 11.6 Å². The van der Waals surface area contributed by atoms with Crippen LogP contribution in [-0.2, 0) is 7.05 Å². The number of hydrogen-bond acceptors (Lipinski definition) is 4. The average molecular weight is 233 g/mol. The fraction of sp³-hybridized carbons (Fsp3) is 0.667. The molecule has 1 rings (SSSR count). The van der Waals surface area contributed by atoms with E-state index in [-0.39, 0.29) is 6.04 Å². The Hall–Kier alpha value is -0.780. The van der Waals surface area contributed by atoms with E-state index in [4.69, 9.17) is 22.2 Å². The molecule has 6 heteroatoms. The van der Waals surface area contributed by atoms with Gasteiger partial charge in [0.15, 0.2) is 5.75 Å². The van der Waals surface area contributed by atoms with Crippen LogP contribution < -0.4 is 16.0 Å². The molecule has 0 saturated carbocycles. The highest BCUT2D eigenvalue weighted by Crippen LogP contribution is 2.26. The molecule has 0 aliphatic heterocycles. The molecule has 1 aromatic rings. The van der Waals surface area contributed by atoms with Crippen molar-refractivity contribution < 1.29 is 4.74 Å². The number of hydrogen-bond donors (Lipinski definition) is 2. The molecule has 0 fully saturated rings. The molecular weight excluding hydrogens is 216 g/mol. The minimum atomic E-state index is 0.0196. The Bertz CT molecular complexity index is 302. The van der Waals surface area contributed by atoms with E-state index >= 15 is 0 Å². The first-order valence-electron chi connectivity index (χ1n) is 4.82. The molecule has 1 aromatic heterocycles. The summed E-state index contributed by atoms with van der Waals surface area (Å²) < 4.78 is 6.98. The van der Waals surface area contributed by atoms with Crippen molar-refractivity contribution in [3.05, 3.63) is 11.9 Å². The van der Waals surface area contributed by atoms with Crippen LogP contribution in [0.4, 0.5) is 0 Å². The van der Waals surface area contributed by atoms with Crippen LogP contribution in [0, 0.1) is 0 Å². The Morgan fingerprint density at radius 3 is 3.00 bits per heavy atom. The number of nitrogens with two attached hydrogens (primary N) is 1. The summed E-state index contributed by atoms with van der Waals surface area (Å²) >= 11 is 5.66. The van der Waals surface area contributed by atoms with Crippen molar-refractivity contribution in [1.29, 1.82) is 0 Å². The number of nitrogens with one attached hydrogen (secondary N) is 1. The van der Waals surface area contributed by atoms with E-state index in [1.807, 2.05) is 7.05 Å². The topological polar surface area (TPSA) is 65.1 Å². The van der Waals surface area contributed by atoms with Crippen LogP contribution in [-0.4, -0.2) is 22.8 Å². The van der Waals surface area contributed by atoms with E-state index in [0.717, 1.165) is 24.3 Å². The van der Waals surface area contributed by atoms with Crippen molar-refractivity contribution >= 4 is 11.6 Å². The first kappa shape index (κ1) is 12.3. The zero-order chi connectivity index (χ0) is 11.3. The van der Waals surface area contributed by atoms with Crippen LogP contribution in [0.25, 0.3) is 0 Å². The lowest BCUT2D eigenvalue weighted by Gasteiger charge is -2.16. The average Bonchev–Trinajstić information content (AvgIpc) is 2.62. The van der Waals surface area contributed by atoms with Gasteiger partial charge in [0.2, 0.25) is 0 Å². The van der Waals surface area contributed by atoms with Crippen LogP contribution in [0.5, 0.6) is 5.75 Å². The van der Waals surface area contributed by atoms with Gasteiger partial charge >= 0.3 is 0 Å². The molecular formula is C9H17ClN4O. The predicted molar refractivity (Wildman–Crippen MR) is 59.8 cm³/mol. The molecule has 0 amide bonds. The quantitative estimate of drug-likeness (QED) is 0.436. The van der Waals surface area contributed by atoms with Crippen molar-refractivity contribution in [2.75, 3.05) is 13.0 Å². The summed E-state index contributed by atoms with van der Waals surface area (Å²) in [5.41, 5.74) is 3.70. The van der Waals surface area contributed by atoms with Gasteiger partial charge in [0.05, 0.1) is 25.0 Å². The third-order valence-electron chi connectivity index (χ3n) is 2.33. The highest BCUT2D eigenvalue weighted by molar-refractivity contribution is 6.17. The lowest BCUT2D eigenvalue weighted by atomic mass is 10.1. The van der Waals surface area contributed by atoms with E-state index in [1.54, 1.807) is 18.0 Å². The second kappa shape index (κ2) is 5.95. The van der Waals surface area contributed by atoms with Gasteiger partial charge in [-0.05, 0) is 12.8 Å². The number of aryl methyl sites for hydroxylation is 1. The lowest BCUT2D eigenvalue weighted by Crippen LogP contribution is -2.30. The van der Waals surface area contributed by atoms with E-state index in [0.29, 0.717) is 5.88 Å². The van der Waals surface area contributed by atoms with Gasteiger partial charge in [-0.25, -0.2) is 0 Å². The first-order valence-corrected chi connectivity index (χ1v) is 5.36. The van der Waals surface area contributed by atoms with Crippen molar-refractivity contribution in [3.8, 4) is 5.75 Å². The monoisotopic (exact) mass is 232 g/mol. The molecule has 0 spiro atoms. The van der Waals surface area contributed by atoms with E-state index < -0.39 is 0 Å². The Morgan fingerprint density at radius 2 is 2.47 bits per heavy atom. The van der Waals surface area contributed by atoms with Crippen molar-refractivity contribution in [2.24, 2.45) is 12.9 Å². The number of methoxy groups -OCH3 is 1. The maximum Gasteiger partial charge on any atom is 0.161 e. The highest BCUT2D eigenvalue weighted by Gasteiger charge is 2.18. The maximum atomic E-state index is 5.66. The maximum absolute atomic E-state index is 5.66. The summed E-state index contributed by atoms with van der Waals surface area (Å²) in [5, 5.41) is 4.13. The summed E-state index contributed by atoms with van der Waals surface area (Å²) in [6, 6.07) is 0.0196. The zero-order valence-electron chi connectivity index (χ0n) is 9.03. The lowest BCUT2D eigenvalue weighted by molar-refractivity contribution is 0.389. The summed E-state index contributed by atoms with van der Waals surface area (Å²) in [7, 11) is 3.48. The second-order valence-electron chi connectivity index (χ2n) is 3.27. The van der Waals surface area contributed by atoms with E-state index in [1.165, 1.54) is 0 Å². The van der Waals surface area contributed by atoms with Crippen molar-refractivity contribution in [3.63, 3.8) is 0 Å². The van der Waals surface area contributed by atoms with Crippen molar-refractivity contribution in [1.82, 2.24) is 15.2 Å². The highest BCUT2D eigenvalue weighted by atomic mass is 35.5. The first-order chi connectivity index (χ1) is 7.24. The molecule has 0 aromatic carbocycles. The number of hydrazine groups is 1. The third kappa shape index (κ3) is 2.84. The Balaban J connectivity index is 2.84. The summed E-state index contributed by atoms with van der Waals surface area (Å²) in [5.74, 6) is 6.88. The molecule has 1 heterocycles. The predicted octanol–water partition coefficient (Wildman–Crippen LogP) is 0.952. The second-order valence-corrected chi connectivity index (χ2v) is 3.65. The largest absolute Gasteiger partial charge is 0.493 e. The van der Waals surface area contributed by atoms with Gasteiger partial charge in [-0.1, -0.05) is 0 Å². The molecule has 15 heavy (non-hydrogen) atoms. The van der Waals surface area contributed by atoms with Gasteiger partial charge in [0.25, 0.3) is 0 Å². The minimum absolute atomic E-state index is 0.0196. The van der Waals surface area contributed by atoms with Gasteiger partial charge in [0.1, 0.15) is 0 Å². The Labute approximate surface area is 94.5 Å². The smallest absolute Gasteiger partial charge is 0.161 e. The fourth-order valence-corrected chi connectivity index (χ4v) is 1.72. The molecule has 0 aliphatic carbocycles. The standard InChI is InChI=1S/C9H17ClN4O/c1-14-9(8(15-2)6-12-14)7(13-11)4-3-5-10/h6-7,13H,3-5,11H2,1-2H3. The molecule has 1 atom stereocenters. The van der Waals surface area contributed by atoms with Crippen LogP contribution in [0.1, 0.15) is 24.6 Å². The number of alkyl halides is 1. The normalized spacial score (nSPS) is 12.8. The van der Waals surface area contributed by atoms with Gasteiger partial charge in [-0.2, -0.15) is 5.10 Å². The summed E-state index contributed by atoms with van der Waals surface area (Å²) in [4.78, 5) is 0. The molecule has 0 radical (unpaired) electrons. The Morgan fingerprint density at radius 1 is 1.73 bits per heavy atom. The van der Waals surface area contributed by atoms with Crippen LogP contribution >= 0.6 is 11.6 Å². The number of aromatic nitrogens is 2. The van der Waals surface area contributed by atoms with Crippen LogP contribution in [0.2, 0.25) is 0 Å². The third-order valence-corrected chi connectivity index (χ3v) is 2.59. The number of halogens is 1. The molecule has 1 unspecified atom stereocenters. The van der Waals surface area contributed by atoms with Crippen LogP contribution in [0.3, 0.4) is 0 Å². The molecule has 3 N–H and O–H groups in total. The molecule has 0 saturated heterocycles. The zero-order valence-corrected chi connectivity index (χ0v) is 9.79. The fourth-order valence-electron chi connectivity index (χ4n) is 1.56.